The van der Waals surface area contributed by atoms with Crippen LogP contribution in [0.25, 0.3) is 0 Å². The molecule has 0 bridgehead atoms. The van der Waals surface area contributed by atoms with Crippen LogP contribution in [0.4, 0.5) is 0 Å². The molecule has 0 aliphatic heterocycles. The van der Waals surface area contributed by atoms with Crippen molar-refractivity contribution in [2.24, 2.45) is 0 Å². The number of hydrogen-bond acceptors (Lipinski definition) is 3. The van der Waals surface area contributed by atoms with E-state index in [1.807, 2.05) is 24.3 Å². The Kier molecular flexibility index (Phi) is 8.34. The number of carbonyl (C=O) groups excluding carboxylic acids is 2. The molecule has 5 heteroatoms. The van der Waals surface area contributed by atoms with Crippen LogP contribution in [0.3, 0.4) is 0 Å². The van der Waals surface area contributed by atoms with Crippen LogP contribution in [0.1, 0.15) is 38.2 Å². The van der Waals surface area contributed by atoms with E-state index in [2.05, 4.69) is 34.8 Å². The first-order chi connectivity index (χ1) is 10.1. The summed E-state index contributed by atoms with van der Waals surface area (Å²) in [7, 11) is 1.34. The predicted molar refractivity (Wildman–Crippen MR) is 91.0 cm³/mol. The molecule has 0 spiro atoms. The molecule has 0 aromatic heterocycles. The van der Waals surface area contributed by atoms with E-state index in [0.717, 1.165) is 28.4 Å². The zero-order valence-corrected chi connectivity index (χ0v) is 14.7. The molecule has 21 heavy (non-hydrogen) atoms. The molecule has 0 aliphatic rings. The monoisotopic (exact) mass is 403 g/mol. The first kappa shape index (κ1) is 17.9. The number of nitrogens with one attached hydrogen (secondary N) is 1. The highest BCUT2D eigenvalue weighted by Crippen LogP contribution is 2.10. The van der Waals surface area contributed by atoms with Gasteiger partial charge >= 0.3 is 5.97 Å². The Balaban J connectivity index is 2.61. The molecule has 1 N–H and O–H groups in total. The van der Waals surface area contributed by atoms with Gasteiger partial charge in [-0.3, -0.25) is 4.79 Å². The Labute approximate surface area is 139 Å². The van der Waals surface area contributed by atoms with E-state index in [9.17, 15) is 9.59 Å². The zero-order chi connectivity index (χ0) is 15.7. The van der Waals surface area contributed by atoms with Gasteiger partial charge in [0.05, 0.1) is 7.11 Å². The highest BCUT2D eigenvalue weighted by molar-refractivity contribution is 14.1. The number of rotatable bonds is 8. The minimum Gasteiger partial charge on any atom is -0.467 e. The summed E-state index contributed by atoms with van der Waals surface area (Å²) in [6.07, 6.45) is 3.83. The quantitative estimate of drug-likeness (QED) is 0.413. The first-order valence-corrected chi connectivity index (χ1v) is 8.26. The second-order valence-electron chi connectivity index (χ2n) is 4.93. The third kappa shape index (κ3) is 6.93. The van der Waals surface area contributed by atoms with Crippen molar-refractivity contribution in [2.45, 2.75) is 45.1 Å². The second-order valence-corrected chi connectivity index (χ2v) is 6.18. The zero-order valence-electron chi connectivity index (χ0n) is 12.5. The standard InChI is InChI=1S/C16H22INO3/c1-3-4-5-6-15(19)18-14(16(20)21-2)11-12-7-9-13(17)10-8-12/h7-10,14H,3-6,11H2,1-2H3,(H,18,19)/t14-/m0/s1. The van der Waals surface area contributed by atoms with E-state index >= 15 is 0 Å². The summed E-state index contributed by atoms with van der Waals surface area (Å²) in [4.78, 5) is 23.7. The minimum absolute atomic E-state index is 0.0932. The van der Waals surface area contributed by atoms with Gasteiger partial charge in [0.15, 0.2) is 0 Å². The number of carbonyl (C=O) groups is 2. The number of benzene rings is 1. The molecule has 1 aromatic carbocycles. The van der Waals surface area contributed by atoms with Crippen LogP contribution in [0, 0.1) is 3.57 Å². The van der Waals surface area contributed by atoms with E-state index in [-0.39, 0.29) is 5.91 Å². The van der Waals surface area contributed by atoms with Crippen molar-refractivity contribution < 1.29 is 14.3 Å². The molecule has 0 unspecified atom stereocenters. The van der Waals surface area contributed by atoms with E-state index in [4.69, 9.17) is 4.74 Å². The molecule has 0 aliphatic carbocycles. The normalized spacial score (nSPS) is 11.8. The van der Waals surface area contributed by atoms with Gasteiger partial charge in [-0.1, -0.05) is 31.9 Å². The van der Waals surface area contributed by atoms with Crippen molar-refractivity contribution in [3.05, 3.63) is 33.4 Å². The summed E-state index contributed by atoms with van der Waals surface area (Å²) in [5.74, 6) is -0.498. The second kappa shape index (κ2) is 9.76. The van der Waals surface area contributed by atoms with Crippen LogP contribution >= 0.6 is 22.6 Å². The smallest absolute Gasteiger partial charge is 0.328 e. The van der Waals surface area contributed by atoms with Crippen LogP contribution in [0.15, 0.2) is 24.3 Å². The molecular formula is C16H22INO3. The lowest BCUT2D eigenvalue weighted by Gasteiger charge is -2.16. The van der Waals surface area contributed by atoms with Crippen molar-refractivity contribution >= 4 is 34.5 Å². The number of unbranched alkanes of at least 4 members (excludes halogenated alkanes) is 2. The molecule has 0 radical (unpaired) electrons. The van der Waals surface area contributed by atoms with Crippen molar-refractivity contribution in [1.82, 2.24) is 5.32 Å². The number of amides is 1. The van der Waals surface area contributed by atoms with E-state index in [1.54, 1.807) is 0 Å². The summed E-state index contributed by atoms with van der Waals surface area (Å²) in [6, 6.07) is 7.26. The Morgan fingerprint density at radius 1 is 1.24 bits per heavy atom. The third-order valence-corrected chi connectivity index (χ3v) is 3.90. The number of halogens is 1. The largest absolute Gasteiger partial charge is 0.467 e. The number of ether oxygens (including phenoxy) is 1. The Hall–Kier alpha value is -1.11. The molecule has 0 saturated heterocycles. The number of methoxy groups -OCH3 is 1. The molecule has 1 aromatic rings. The molecule has 1 atom stereocenters. The average Bonchev–Trinajstić information content (AvgIpc) is 2.48. The Morgan fingerprint density at radius 2 is 1.90 bits per heavy atom. The van der Waals surface area contributed by atoms with Gasteiger partial charge in [-0.25, -0.2) is 4.79 Å². The van der Waals surface area contributed by atoms with Crippen LogP contribution in [0.2, 0.25) is 0 Å². The number of esters is 1. The maximum atomic E-state index is 11.9. The van der Waals surface area contributed by atoms with Gasteiger partial charge < -0.3 is 10.1 Å². The SMILES string of the molecule is CCCCCC(=O)N[C@@H](Cc1ccc(I)cc1)C(=O)OC. The topological polar surface area (TPSA) is 55.4 Å². The summed E-state index contributed by atoms with van der Waals surface area (Å²) in [5.41, 5.74) is 1.000. The molecule has 0 fully saturated rings. The molecule has 4 nitrogen and oxygen atoms in total. The Morgan fingerprint density at radius 3 is 2.48 bits per heavy atom. The Bertz CT molecular complexity index is 459. The summed E-state index contributed by atoms with van der Waals surface area (Å²) in [6.45, 7) is 2.09. The van der Waals surface area contributed by atoms with E-state index in [0.29, 0.717) is 12.8 Å². The van der Waals surface area contributed by atoms with Crippen LogP contribution in [0.5, 0.6) is 0 Å². The van der Waals surface area contributed by atoms with Crippen LogP contribution in [-0.2, 0) is 20.7 Å². The van der Waals surface area contributed by atoms with Crippen molar-refractivity contribution in [1.29, 1.82) is 0 Å². The summed E-state index contributed by atoms with van der Waals surface area (Å²) < 4.78 is 5.91. The van der Waals surface area contributed by atoms with Crippen molar-refractivity contribution in [3.63, 3.8) is 0 Å². The predicted octanol–water partition coefficient (Wildman–Crippen LogP) is 3.07. The minimum atomic E-state index is -0.621. The fourth-order valence-corrected chi connectivity index (χ4v) is 2.35. The fourth-order valence-electron chi connectivity index (χ4n) is 1.99. The summed E-state index contributed by atoms with van der Waals surface area (Å²) >= 11 is 2.23. The van der Waals surface area contributed by atoms with Gasteiger partial charge in [0.1, 0.15) is 6.04 Å². The van der Waals surface area contributed by atoms with Gasteiger partial charge in [-0.2, -0.15) is 0 Å². The number of hydrogen-bond donors (Lipinski definition) is 1. The maximum absolute atomic E-state index is 11.9. The van der Waals surface area contributed by atoms with E-state index < -0.39 is 12.0 Å². The highest BCUT2D eigenvalue weighted by Gasteiger charge is 2.21. The molecular weight excluding hydrogens is 381 g/mol. The van der Waals surface area contributed by atoms with Crippen molar-refractivity contribution in [2.75, 3.05) is 7.11 Å². The summed E-state index contributed by atoms with van der Waals surface area (Å²) in [5, 5.41) is 2.77. The molecule has 1 amide bonds. The van der Waals surface area contributed by atoms with Gasteiger partial charge in [0.25, 0.3) is 0 Å². The van der Waals surface area contributed by atoms with Crippen LogP contribution in [-0.4, -0.2) is 25.0 Å². The van der Waals surface area contributed by atoms with Gasteiger partial charge in [-0.05, 0) is 46.7 Å². The molecule has 116 valence electrons. The third-order valence-electron chi connectivity index (χ3n) is 3.18. The molecule has 0 heterocycles. The maximum Gasteiger partial charge on any atom is 0.328 e. The van der Waals surface area contributed by atoms with Crippen LogP contribution < -0.4 is 5.32 Å². The van der Waals surface area contributed by atoms with E-state index in [1.165, 1.54) is 7.11 Å². The fraction of sp³-hybridized carbons (Fsp3) is 0.500. The van der Waals surface area contributed by atoms with Gasteiger partial charge in [0, 0.05) is 16.4 Å². The highest BCUT2D eigenvalue weighted by atomic mass is 127. The molecule has 0 saturated carbocycles. The van der Waals surface area contributed by atoms with Gasteiger partial charge in [-0.15, -0.1) is 0 Å². The first-order valence-electron chi connectivity index (χ1n) is 7.18. The lowest BCUT2D eigenvalue weighted by molar-refractivity contribution is -0.145. The molecule has 1 rings (SSSR count). The van der Waals surface area contributed by atoms with Crippen molar-refractivity contribution in [3.8, 4) is 0 Å². The lowest BCUT2D eigenvalue weighted by atomic mass is 10.1. The average molecular weight is 403 g/mol. The van der Waals surface area contributed by atoms with Gasteiger partial charge in [0.2, 0.25) is 5.91 Å². The lowest BCUT2D eigenvalue weighted by Crippen LogP contribution is -2.43.